The third-order valence-corrected chi connectivity index (χ3v) is 3.78. The predicted molar refractivity (Wildman–Crippen MR) is 76.4 cm³/mol. The van der Waals surface area contributed by atoms with Crippen LogP contribution in [0.3, 0.4) is 0 Å². The van der Waals surface area contributed by atoms with Crippen LogP contribution in [0.15, 0.2) is 18.5 Å². The van der Waals surface area contributed by atoms with Crippen molar-refractivity contribution in [1.29, 1.82) is 0 Å². The lowest BCUT2D eigenvalue weighted by Gasteiger charge is -2.02. The number of anilines is 1. The van der Waals surface area contributed by atoms with Crippen LogP contribution in [0.25, 0.3) is 16.0 Å². The third-order valence-electron chi connectivity index (χ3n) is 2.28. The molecule has 3 aromatic rings. The summed E-state index contributed by atoms with van der Waals surface area (Å²) in [5, 5.41) is 5.24. The van der Waals surface area contributed by atoms with Gasteiger partial charge in [-0.3, -0.25) is 0 Å². The van der Waals surface area contributed by atoms with E-state index in [0.717, 1.165) is 19.6 Å². The summed E-state index contributed by atoms with van der Waals surface area (Å²) in [6.45, 7) is 2.04. The van der Waals surface area contributed by atoms with E-state index >= 15 is 0 Å². The number of nitrogens with zero attached hydrogens (tertiary/aromatic N) is 4. The fourth-order valence-corrected chi connectivity index (χ4v) is 2.90. The molecule has 3 aromatic heterocycles. The van der Waals surface area contributed by atoms with Crippen molar-refractivity contribution in [2.24, 2.45) is 0 Å². The van der Waals surface area contributed by atoms with Gasteiger partial charge in [-0.2, -0.15) is 10.1 Å². The van der Waals surface area contributed by atoms with Crippen LogP contribution in [0.4, 0.5) is 5.95 Å². The molecule has 0 amide bonds. The van der Waals surface area contributed by atoms with E-state index < -0.39 is 0 Å². The number of hydrogen-bond acceptors (Lipinski definition) is 5. The molecule has 0 atom stereocenters. The van der Waals surface area contributed by atoms with Crippen LogP contribution in [-0.2, 0) is 0 Å². The number of nitrogens with two attached hydrogens (primary N) is 1. The highest BCUT2D eigenvalue weighted by atomic mass is 127. The number of rotatable bonds is 1. The molecular formula is C10H8IN5S. The molecule has 3 heterocycles. The van der Waals surface area contributed by atoms with Crippen molar-refractivity contribution in [1.82, 2.24) is 19.7 Å². The lowest BCUT2D eigenvalue weighted by Crippen LogP contribution is -2.03. The average molecular weight is 357 g/mol. The molecule has 0 aliphatic heterocycles. The van der Waals surface area contributed by atoms with E-state index in [2.05, 4.69) is 43.7 Å². The molecule has 0 radical (unpaired) electrons. The number of halogens is 1. The van der Waals surface area contributed by atoms with Crippen molar-refractivity contribution < 1.29 is 0 Å². The summed E-state index contributed by atoms with van der Waals surface area (Å²) in [6.07, 6.45) is 3.69. The largest absolute Gasteiger partial charge is 0.368 e. The lowest BCUT2D eigenvalue weighted by atomic mass is 10.3. The summed E-state index contributed by atoms with van der Waals surface area (Å²) in [5.41, 5.74) is 5.72. The first-order valence-corrected chi connectivity index (χ1v) is 6.77. The van der Waals surface area contributed by atoms with Gasteiger partial charge in [0, 0.05) is 11.1 Å². The molecule has 0 saturated carbocycles. The number of aryl methyl sites for hydroxylation is 1. The summed E-state index contributed by atoms with van der Waals surface area (Å²) in [5.74, 6) is 1.01. The van der Waals surface area contributed by atoms with Crippen molar-refractivity contribution in [3.63, 3.8) is 0 Å². The molecule has 0 aliphatic rings. The Bertz CT molecular complexity index is 702. The fraction of sp³-hybridized carbons (Fsp3) is 0.100. The van der Waals surface area contributed by atoms with Gasteiger partial charge in [-0.05, 0) is 35.6 Å². The Balaban J connectivity index is 2.34. The standard InChI is InChI=1S/C10H8IN5S/c1-5-2-7-8(16-4-6(11)3-13-16)14-10(12)15-9(7)17-5/h2-4H,1H3,(H2,12,14,15). The highest BCUT2D eigenvalue weighted by molar-refractivity contribution is 14.1. The van der Waals surface area contributed by atoms with Crippen molar-refractivity contribution in [3.05, 3.63) is 26.9 Å². The normalized spacial score (nSPS) is 11.2. The van der Waals surface area contributed by atoms with Crippen LogP contribution in [0, 0.1) is 10.5 Å². The summed E-state index contributed by atoms with van der Waals surface area (Å²) in [4.78, 5) is 10.6. The molecule has 86 valence electrons. The average Bonchev–Trinajstić information content (AvgIpc) is 2.82. The smallest absolute Gasteiger partial charge is 0.223 e. The summed E-state index contributed by atoms with van der Waals surface area (Å²) in [6, 6.07) is 2.06. The topological polar surface area (TPSA) is 69.6 Å². The van der Waals surface area contributed by atoms with Crippen LogP contribution >= 0.6 is 33.9 Å². The Morgan fingerprint density at radius 3 is 2.94 bits per heavy atom. The van der Waals surface area contributed by atoms with E-state index in [-0.39, 0.29) is 5.95 Å². The van der Waals surface area contributed by atoms with Crippen molar-refractivity contribution >= 4 is 50.1 Å². The van der Waals surface area contributed by atoms with Gasteiger partial charge in [0.25, 0.3) is 0 Å². The number of hydrogen-bond donors (Lipinski definition) is 1. The number of fused-ring (bicyclic) bond motifs is 1. The Morgan fingerprint density at radius 1 is 1.41 bits per heavy atom. The van der Waals surface area contributed by atoms with E-state index in [9.17, 15) is 0 Å². The Hall–Kier alpha value is -1.22. The molecule has 5 nitrogen and oxygen atoms in total. The maximum absolute atomic E-state index is 5.72. The number of aromatic nitrogens is 4. The van der Waals surface area contributed by atoms with E-state index in [1.54, 1.807) is 22.2 Å². The molecule has 0 unspecified atom stereocenters. The second-order valence-corrected chi connectivity index (χ2v) is 6.06. The molecule has 0 bridgehead atoms. The molecule has 0 saturated heterocycles. The molecule has 0 aromatic carbocycles. The second kappa shape index (κ2) is 3.91. The van der Waals surface area contributed by atoms with Crippen LogP contribution in [0.5, 0.6) is 0 Å². The van der Waals surface area contributed by atoms with Crippen molar-refractivity contribution in [2.45, 2.75) is 6.92 Å². The maximum Gasteiger partial charge on any atom is 0.223 e. The molecule has 2 N–H and O–H groups in total. The summed E-state index contributed by atoms with van der Waals surface area (Å²) in [7, 11) is 0. The van der Waals surface area contributed by atoms with Gasteiger partial charge in [0.05, 0.1) is 15.2 Å². The first kappa shape index (κ1) is 10.9. The third kappa shape index (κ3) is 1.89. The van der Waals surface area contributed by atoms with Gasteiger partial charge in [-0.15, -0.1) is 11.3 Å². The van der Waals surface area contributed by atoms with E-state index in [0.29, 0.717) is 0 Å². The summed E-state index contributed by atoms with van der Waals surface area (Å²) < 4.78 is 2.79. The molecule has 0 fully saturated rings. The zero-order valence-electron chi connectivity index (χ0n) is 8.88. The highest BCUT2D eigenvalue weighted by Gasteiger charge is 2.11. The molecule has 3 rings (SSSR count). The second-order valence-electron chi connectivity index (χ2n) is 3.58. The molecule has 0 aliphatic carbocycles. The van der Waals surface area contributed by atoms with E-state index in [1.165, 1.54) is 4.88 Å². The maximum atomic E-state index is 5.72. The van der Waals surface area contributed by atoms with Crippen molar-refractivity contribution in [2.75, 3.05) is 5.73 Å². The quantitative estimate of drug-likeness (QED) is 0.679. The van der Waals surface area contributed by atoms with Crippen LogP contribution in [0.1, 0.15) is 4.88 Å². The highest BCUT2D eigenvalue weighted by Crippen LogP contribution is 2.28. The van der Waals surface area contributed by atoms with Crippen LogP contribution < -0.4 is 5.73 Å². The molecular weight excluding hydrogens is 349 g/mol. The monoisotopic (exact) mass is 357 g/mol. The van der Waals surface area contributed by atoms with Gasteiger partial charge in [0.15, 0.2) is 5.82 Å². The fourth-order valence-electron chi connectivity index (χ4n) is 1.63. The summed E-state index contributed by atoms with van der Waals surface area (Å²) >= 11 is 3.82. The molecule has 7 heteroatoms. The van der Waals surface area contributed by atoms with Crippen molar-refractivity contribution in [3.8, 4) is 5.82 Å². The number of nitrogen functional groups attached to an aromatic ring is 1. The first-order chi connectivity index (χ1) is 8.13. The van der Waals surface area contributed by atoms with Crippen LogP contribution in [0.2, 0.25) is 0 Å². The first-order valence-electron chi connectivity index (χ1n) is 4.88. The zero-order valence-corrected chi connectivity index (χ0v) is 11.9. The van der Waals surface area contributed by atoms with Gasteiger partial charge >= 0.3 is 0 Å². The van der Waals surface area contributed by atoms with E-state index in [4.69, 9.17) is 5.73 Å². The van der Waals surface area contributed by atoms with Gasteiger partial charge in [0.2, 0.25) is 5.95 Å². The zero-order chi connectivity index (χ0) is 12.0. The van der Waals surface area contributed by atoms with Gasteiger partial charge in [0.1, 0.15) is 4.83 Å². The Kier molecular flexibility index (Phi) is 2.51. The number of thiophene rings is 1. The molecule has 0 spiro atoms. The lowest BCUT2D eigenvalue weighted by molar-refractivity contribution is 0.854. The minimum atomic E-state index is 0.278. The predicted octanol–water partition coefficient (Wildman–Crippen LogP) is 2.37. The van der Waals surface area contributed by atoms with Gasteiger partial charge in [-0.25, -0.2) is 9.67 Å². The van der Waals surface area contributed by atoms with Crippen LogP contribution in [-0.4, -0.2) is 19.7 Å². The van der Waals surface area contributed by atoms with E-state index in [1.807, 2.05) is 13.1 Å². The minimum absolute atomic E-state index is 0.278. The Labute approximate surface area is 115 Å². The SMILES string of the molecule is Cc1cc2c(-n3cc(I)cn3)nc(N)nc2s1. The molecule has 17 heavy (non-hydrogen) atoms. The minimum Gasteiger partial charge on any atom is -0.368 e. The van der Waals surface area contributed by atoms with Gasteiger partial charge in [-0.1, -0.05) is 0 Å². The van der Waals surface area contributed by atoms with Gasteiger partial charge < -0.3 is 5.73 Å². The Morgan fingerprint density at radius 2 is 2.24 bits per heavy atom.